The molecule has 1 N–H and O–H groups in total. The Morgan fingerprint density at radius 2 is 1.90 bits per heavy atom. The molecular formula is C15H20FN3O. The maximum Gasteiger partial charge on any atom is 0.234 e. The first-order valence-corrected chi connectivity index (χ1v) is 7.23. The molecule has 0 unspecified atom stereocenters. The lowest BCUT2D eigenvalue weighted by Crippen LogP contribution is -2.49. The van der Waals surface area contributed by atoms with Gasteiger partial charge < -0.3 is 10.2 Å². The van der Waals surface area contributed by atoms with Gasteiger partial charge in [-0.15, -0.1) is 0 Å². The number of hydrogen-bond acceptors (Lipinski definition) is 3. The SMILES string of the molecule is O=C(CN1CCN(c2ccccc2F)CC1)NC1CC1. The van der Waals surface area contributed by atoms with Crippen molar-refractivity contribution >= 4 is 11.6 Å². The molecule has 4 nitrogen and oxygen atoms in total. The van der Waals surface area contributed by atoms with Crippen LogP contribution in [0.1, 0.15) is 12.8 Å². The molecular weight excluding hydrogens is 257 g/mol. The fourth-order valence-corrected chi connectivity index (χ4v) is 2.56. The van der Waals surface area contributed by atoms with E-state index in [4.69, 9.17) is 0 Å². The molecule has 0 atom stereocenters. The fourth-order valence-electron chi connectivity index (χ4n) is 2.56. The Kier molecular flexibility index (Phi) is 3.87. The number of carbonyl (C=O) groups is 1. The fraction of sp³-hybridized carbons (Fsp3) is 0.533. The van der Waals surface area contributed by atoms with E-state index in [1.807, 2.05) is 17.0 Å². The molecule has 1 aromatic rings. The number of anilines is 1. The van der Waals surface area contributed by atoms with Crippen LogP contribution in [0, 0.1) is 5.82 Å². The quantitative estimate of drug-likeness (QED) is 0.899. The van der Waals surface area contributed by atoms with Gasteiger partial charge >= 0.3 is 0 Å². The minimum absolute atomic E-state index is 0.117. The molecule has 1 heterocycles. The van der Waals surface area contributed by atoms with Gasteiger partial charge in [0.05, 0.1) is 12.2 Å². The van der Waals surface area contributed by atoms with Gasteiger partial charge in [-0.3, -0.25) is 9.69 Å². The van der Waals surface area contributed by atoms with E-state index in [2.05, 4.69) is 10.2 Å². The molecule has 0 bridgehead atoms. The molecule has 1 saturated heterocycles. The molecule has 3 rings (SSSR count). The number of nitrogens with zero attached hydrogens (tertiary/aromatic N) is 2. The standard InChI is InChI=1S/C15H20FN3O/c16-13-3-1-2-4-14(13)19-9-7-18(8-10-19)11-15(20)17-12-5-6-12/h1-4,12H,5-11H2,(H,17,20). The third kappa shape index (κ3) is 3.28. The van der Waals surface area contributed by atoms with E-state index in [0.29, 0.717) is 18.3 Å². The van der Waals surface area contributed by atoms with E-state index in [0.717, 1.165) is 39.0 Å². The zero-order chi connectivity index (χ0) is 13.9. The number of benzene rings is 1. The number of nitrogens with one attached hydrogen (secondary N) is 1. The van der Waals surface area contributed by atoms with Gasteiger partial charge in [0.1, 0.15) is 5.82 Å². The highest BCUT2D eigenvalue weighted by atomic mass is 19.1. The average Bonchev–Trinajstić information content (AvgIpc) is 3.24. The second kappa shape index (κ2) is 5.79. The summed E-state index contributed by atoms with van der Waals surface area (Å²) in [5.74, 6) is -0.0562. The highest BCUT2D eigenvalue weighted by molar-refractivity contribution is 5.78. The summed E-state index contributed by atoms with van der Waals surface area (Å²) in [7, 11) is 0. The van der Waals surface area contributed by atoms with Crippen LogP contribution in [0.25, 0.3) is 0 Å². The third-order valence-electron chi connectivity index (χ3n) is 3.88. The van der Waals surface area contributed by atoms with Crippen molar-refractivity contribution in [2.75, 3.05) is 37.6 Å². The van der Waals surface area contributed by atoms with E-state index < -0.39 is 0 Å². The summed E-state index contributed by atoms with van der Waals surface area (Å²) in [4.78, 5) is 15.9. The van der Waals surface area contributed by atoms with Crippen LogP contribution in [-0.4, -0.2) is 49.6 Å². The average molecular weight is 277 g/mol. The predicted molar refractivity (Wildman–Crippen MR) is 76.2 cm³/mol. The lowest BCUT2D eigenvalue weighted by atomic mass is 10.2. The van der Waals surface area contributed by atoms with Gasteiger partial charge in [-0.1, -0.05) is 12.1 Å². The summed E-state index contributed by atoms with van der Waals surface area (Å²) in [5.41, 5.74) is 0.662. The van der Waals surface area contributed by atoms with Crippen LogP contribution in [0.2, 0.25) is 0 Å². The molecule has 1 aliphatic heterocycles. The van der Waals surface area contributed by atoms with E-state index in [9.17, 15) is 9.18 Å². The van der Waals surface area contributed by atoms with Crippen LogP contribution in [0.3, 0.4) is 0 Å². The number of carbonyl (C=O) groups excluding carboxylic acids is 1. The maximum absolute atomic E-state index is 13.7. The number of amides is 1. The van der Waals surface area contributed by atoms with Crippen molar-refractivity contribution in [1.82, 2.24) is 10.2 Å². The van der Waals surface area contributed by atoms with Gasteiger partial charge in [-0.2, -0.15) is 0 Å². The Labute approximate surface area is 118 Å². The Hall–Kier alpha value is -1.62. The summed E-state index contributed by atoms with van der Waals surface area (Å²) in [6, 6.07) is 7.28. The Morgan fingerprint density at radius 1 is 1.20 bits per heavy atom. The van der Waals surface area contributed by atoms with Gasteiger partial charge in [-0.25, -0.2) is 4.39 Å². The highest BCUT2D eigenvalue weighted by Gasteiger charge is 2.25. The molecule has 0 spiro atoms. The van der Waals surface area contributed by atoms with Crippen molar-refractivity contribution in [3.05, 3.63) is 30.1 Å². The number of rotatable bonds is 4. The molecule has 0 radical (unpaired) electrons. The normalized spacial score (nSPS) is 19.9. The molecule has 1 aliphatic carbocycles. The summed E-state index contributed by atoms with van der Waals surface area (Å²) < 4.78 is 13.7. The van der Waals surface area contributed by atoms with Crippen molar-refractivity contribution in [3.63, 3.8) is 0 Å². The minimum atomic E-state index is -0.174. The minimum Gasteiger partial charge on any atom is -0.367 e. The summed E-state index contributed by atoms with van der Waals surface area (Å²) in [6.07, 6.45) is 2.24. The van der Waals surface area contributed by atoms with E-state index in [1.165, 1.54) is 6.07 Å². The van der Waals surface area contributed by atoms with Crippen LogP contribution in [0.5, 0.6) is 0 Å². The number of para-hydroxylation sites is 1. The lowest BCUT2D eigenvalue weighted by molar-refractivity contribution is -0.122. The van der Waals surface area contributed by atoms with Gasteiger partial charge in [0.2, 0.25) is 5.91 Å². The lowest BCUT2D eigenvalue weighted by Gasteiger charge is -2.35. The van der Waals surface area contributed by atoms with Crippen molar-refractivity contribution in [3.8, 4) is 0 Å². The Morgan fingerprint density at radius 3 is 2.55 bits per heavy atom. The van der Waals surface area contributed by atoms with Crippen LogP contribution >= 0.6 is 0 Å². The van der Waals surface area contributed by atoms with Crippen LogP contribution in [0.4, 0.5) is 10.1 Å². The molecule has 2 fully saturated rings. The van der Waals surface area contributed by atoms with E-state index in [1.54, 1.807) is 6.07 Å². The topological polar surface area (TPSA) is 35.6 Å². The monoisotopic (exact) mass is 277 g/mol. The smallest absolute Gasteiger partial charge is 0.234 e. The maximum atomic E-state index is 13.7. The second-order valence-electron chi connectivity index (χ2n) is 5.56. The third-order valence-corrected chi connectivity index (χ3v) is 3.88. The van der Waals surface area contributed by atoms with Crippen molar-refractivity contribution in [1.29, 1.82) is 0 Å². The van der Waals surface area contributed by atoms with Crippen molar-refractivity contribution in [2.24, 2.45) is 0 Å². The Bertz CT molecular complexity index is 482. The number of piperazine rings is 1. The number of halogens is 1. The molecule has 1 amide bonds. The predicted octanol–water partition coefficient (Wildman–Crippen LogP) is 1.23. The van der Waals surface area contributed by atoms with Gasteiger partial charge in [0.25, 0.3) is 0 Å². The van der Waals surface area contributed by atoms with Crippen molar-refractivity contribution < 1.29 is 9.18 Å². The van der Waals surface area contributed by atoms with Crippen LogP contribution < -0.4 is 10.2 Å². The molecule has 20 heavy (non-hydrogen) atoms. The van der Waals surface area contributed by atoms with Crippen LogP contribution in [-0.2, 0) is 4.79 Å². The van der Waals surface area contributed by atoms with Crippen molar-refractivity contribution in [2.45, 2.75) is 18.9 Å². The summed E-state index contributed by atoms with van der Waals surface area (Å²) in [5, 5.41) is 3.00. The zero-order valence-corrected chi connectivity index (χ0v) is 11.5. The summed E-state index contributed by atoms with van der Waals surface area (Å²) in [6.45, 7) is 3.58. The first-order chi connectivity index (χ1) is 9.72. The van der Waals surface area contributed by atoms with E-state index >= 15 is 0 Å². The highest BCUT2D eigenvalue weighted by Crippen LogP contribution is 2.20. The van der Waals surface area contributed by atoms with Gasteiger partial charge in [-0.05, 0) is 25.0 Å². The van der Waals surface area contributed by atoms with Gasteiger partial charge in [0, 0.05) is 32.2 Å². The molecule has 1 saturated carbocycles. The first kappa shape index (κ1) is 13.4. The largest absolute Gasteiger partial charge is 0.367 e. The first-order valence-electron chi connectivity index (χ1n) is 7.23. The zero-order valence-electron chi connectivity index (χ0n) is 11.5. The second-order valence-corrected chi connectivity index (χ2v) is 5.56. The van der Waals surface area contributed by atoms with E-state index in [-0.39, 0.29) is 11.7 Å². The van der Waals surface area contributed by atoms with Crippen LogP contribution in [0.15, 0.2) is 24.3 Å². The Balaban J connectivity index is 1.49. The number of hydrogen-bond donors (Lipinski definition) is 1. The molecule has 1 aromatic carbocycles. The summed E-state index contributed by atoms with van der Waals surface area (Å²) >= 11 is 0. The van der Waals surface area contributed by atoms with Gasteiger partial charge in [0.15, 0.2) is 0 Å². The molecule has 108 valence electrons. The molecule has 0 aromatic heterocycles. The molecule has 5 heteroatoms. The molecule has 2 aliphatic rings.